The summed E-state index contributed by atoms with van der Waals surface area (Å²) in [5, 5.41) is 5.46. The lowest BCUT2D eigenvalue weighted by atomic mass is 10.1. The second-order valence-corrected chi connectivity index (χ2v) is 6.61. The van der Waals surface area contributed by atoms with Gasteiger partial charge in [0.2, 0.25) is 5.91 Å². The smallest absolute Gasteiger partial charge is 0.408 e. The molecule has 0 bridgehead atoms. The number of hydrogen-bond acceptors (Lipinski definition) is 5. The average Bonchev–Trinajstić information content (AvgIpc) is 2.74. The van der Waals surface area contributed by atoms with Gasteiger partial charge in [-0.15, -0.1) is 0 Å². The zero-order chi connectivity index (χ0) is 21.8. The number of nitrogens with one attached hydrogen (secondary N) is 4. The molecule has 0 aromatic heterocycles. The Morgan fingerprint density at radius 2 is 1.60 bits per heavy atom. The number of amides is 3. The van der Waals surface area contributed by atoms with Crippen molar-refractivity contribution in [3.8, 4) is 0 Å². The maximum atomic E-state index is 12.4. The molecule has 0 aliphatic rings. The Balaban J connectivity index is 1.85. The van der Waals surface area contributed by atoms with E-state index in [1.54, 1.807) is 24.3 Å². The molecule has 10 heteroatoms. The number of nitrogens with two attached hydrogens (primary N) is 1. The van der Waals surface area contributed by atoms with Crippen LogP contribution in [0.2, 0.25) is 0 Å². The summed E-state index contributed by atoms with van der Waals surface area (Å²) in [6.45, 7) is 0.0418. The van der Waals surface area contributed by atoms with E-state index in [0.717, 1.165) is 11.3 Å². The van der Waals surface area contributed by atoms with Gasteiger partial charge in [0.05, 0.1) is 0 Å². The highest BCUT2D eigenvalue weighted by Crippen LogP contribution is 2.05. The van der Waals surface area contributed by atoms with Crippen LogP contribution in [0.25, 0.3) is 0 Å². The fourth-order valence-corrected chi connectivity index (χ4v) is 2.52. The number of para-hydroxylation sites is 1. The molecule has 0 radical (unpaired) electrons. The molecule has 9 nitrogen and oxygen atoms in total. The van der Waals surface area contributed by atoms with Gasteiger partial charge in [-0.3, -0.25) is 20.4 Å². The Bertz CT molecular complexity index is 864. The van der Waals surface area contributed by atoms with E-state index in [1.807, 2.05) is 36.4 Å². The summed E-state index contributed by atoms with van der Waals surface area (Å²) in [5.41, 5.74) is 11.6. The quantitative estimate of drug-likeness (QED) is 0.317. The summed E-state index contributed by atoms with van der Waals surface area (Å²) in [5.74, 6) is -1.20. The van der Waals surface area contributed by atoms with E-state index in [2.05, 4.69) is 21.5 Å². The van der Waals surface area contributed by atoms with E-state index in [1.165, 1.54) is 0 Å². The van der Waals surface area contributed by atoms with Crippen molar-refractivity contribution in [3.63, 3.8) is 0 Å². The Morgan fingerprint density at radius 3 is 2.23 bits per heavy atom. The van der Waals surface area contributed by atoms with Crippen molar-refractivity contribution in [1.29, 1.82) is 0 Å². The van der Waals surface area contributed by atoms with E-state index in [-0.39, 0.29) is 24.6 Å². The van der Waals surface area contributed by atoms with Gasteiger partial charge in [-0.2, -0.15) is 0 Å². The number of thiocarbonyl (C=S) groups is 1. The number of alkyl carbamates (subject to hydrolysis) is 1. The van der Waals surface area contributed by atoms with E-state index >= 15 is 0 Å². The Labute approximate surface area is 179 Å². The number of primary amides is 1. The van der Waals surface area contributed by atoms with Crippen molar-refractivity contribution in [2.75, 3.05) is 5.32 Å². The van der Waals surface area contributed by atoms with Crippen molar-refractivity contribution in [2.24, 2.45) is 5.73 Å². The van der Waals surface area contributed by atoms with Crippen LogP contribution in [-0.4, -0.2) is 29.1 Å². The van der Waals surface area contributed by atoms with Crippen molar-refractivity contribution < 1.29 is 19.1 Å². The standard InChI is InChI=1S/C20H23N5O4S/c21-17(26)12-11-16(23-20(28)29-13-14-7-3-1-4-8-14)18(27)24-25-19(30)22-15-9-5-2-6-10-15/h1-10,16H,11-13H2,(H2,21,26)(H,23,28)(H,24,27)(H2,22,25,30)/t16-/m1/s1. The number of benzene rings is 2. The van der Waals surface area contributed by atoms with E-state index < -0.39 is 23.9 Å². The summed E-state index contributed by atoms with van der Waals surface area (Å²) in [6.07, 6.45) is -0.889. The third-order valence-corrected chi connectivity index (χ3v) is 4.04. The van der Waals surface area contributed by atoms with Crippen molar-refractivity contribution in [3.05, 3.63) is 66.2 Å². The predicted octanol–water partition coefficient (Wildman–Crippen LogP) is 1.56. The highest BCUT2D eigenvalue weighted by Gasteiger charge is 2.22. The van der Waals surface area contributed by atoms with Crippen LogP contribution in [0.1, 0.15) is 18.4 Å². The van der Waals surface area contributed by atoms with Crippen LogP contribution in [0.4, 0.5) is 10.5 Å². The third kappa shape index (κ3) is 8.57. The van der Waals surface area contributed by atoms with Gasteiger partial charge >= 0.3 is 6.09 Å². The average molecular weight is 430 g/mol. The maximum absolute atomic E-state index is 12.4. The molecule has 0 fully saturated rings. The molecule has 30 heavy (non-hydrogen) atoms. The van der Waals surface area contributed by atoms with Crippen LogP contribution in [0.15, 0.2) is 60.7 Å². The molecule has 3 amide bonds. The van der Waals surface area contributed by atoms with Gasteiger partial charge < -0.3 is 21.1 Å². The molecular formula is C20H23N5O4S. The molecule has 0 aliphatic carbocycles. The largest absolute Gasteiger partial charge is 0.445 e. The van der Waals surface area contributed by atoms with E-state index in [4.69, 9.17) is 22.7 Å². The zero-order valence-corrected chi connectivity index (χ0v) is 16.9. The lowest BCUT2D eigenvalue weighted by Gasteiger charge is -2.19. The van der Waals surface area contributed by atoms with Gasteiger partial charge in [-0.05, 0) is 36.3 Å². The van der Waals surface area contributed by atoms with Gasteiger partial charge in [-0.25, -0.2) is 4.79 Å². The number of ether oxygens (including phenoxy) is 1. The molecule has 158 valence electrons. The molecular weight excluding hydrogens is 406 g/mol. The number of anilines is 1. The fraction of sp³-hybridized carbons (Fsp3) is 0.200. The van der Waals surface area contributed by atoms with Gasteiger partial charge in [0.15, 0.2) is 5.11 Å². The Hall–Kier alpha value is -3.66. The SMILES string of the molecule is NC(=O)CC[C@@H](NC(=O)OCc1ccccc1)C(=O)NNC(=S)Nc1ccccc1. The third-order valence-electron chi connectivity index (χ3n) is 3.83. The van der Waals surface area contributed by atoms with Crippen LogP contribution in [0.3, 0.4) is 0 Å². The first-order valence-corrected chi connectivity index (χ1v) is 9.52. The van der Waals surface area contributed by atoms with E-state index in [9.17, 15) is 14.4 Å². The summed E-state index contributed by atoms with van der Waals surface area (Å²) < 4.78 is 5.12. The Kier molecular flexibility index (Phi) is 9.07. The lowest BCUT2D eigenvalue weighted by molar-refractivity contribution is -0.124. The number of carbonyl (C=O) groups excluding carboxylic acids is 3. The van der Waals surface area contributed by atoms with Crippen LogP contribution in [0, 0.1) is 0 Å². The second kappa shape index (κ2) is 12.0. The van der Waals surface area contributed by atoms with E-state index in [0.29, 0.717) is 0 Å². The predicted molar refractivity (Wildman–Crippen MR) is 116 cm³/mol. The Morgan fingerprint density at radius 1 is 0.967 bits per heavy atom. The normalized spacial score (nSPS) is 10.9. The minimum absolute atomic E-state index is 0.00214. The summed E-state index contributed by atoms with van der Waals surface area (Å²) in [7, 11) is 0. The van der Waals surface area contributed by atoms with Gasteiger partial charge in [0, 0.05) is 12.1 Å². The van der Waals surface area contributed by atoms with Gasteiger partial charge in [0.1, 0.15) is 12.6 Å². The first kappa shape index (κ1) is 22.6. The number of carbonyl (C=O) groups is 3. The van der Waals surface area contributed by atoms with Crippen LogP contribution in [0.5, 0.6) is 0 Å². The first-order valence-electron chi connectivity index (χ1n) is 9.11. The topological polar surface area (TPSA) is 135 Å². The lowest BCUT2D eigenvalue weighted by Crippen LogP contribution is -2.53. The molecule has 2 rings (SSSR count). The number of rotatable bonds is 8. The van der Waals surface area contributed by atoms with Crippen LogP contribution in [-0.2, 0) is 20.9 Å². The van der Waals surface area contributed by atoms with Crippen molar-refractivity contribution in [1.82, 2.24) is 16.2 Å². The molecule has 0 saturated carbocycles. The molecule has 0 heterocycles. The first-order chi connectivity index (χ1) is 14.4. The van der Waals surface area contributed by atoms with Crippen LogP contribution < -0.4 is 27.2 Å². The second-order valence-electron chi connectivity index (χ2n) is 6.20. The number of hydrazine groups is 1. The van der Waals surface area contributed by atoms with Gasteiger partial charge in [-0.1, -0.05) is 48.5 Å². The molecule has 0 saturated heterocycles. The monoisotopic (exact) mass is 429 g/mol. The molecule has 0 unspecified atom stereocenters. The highest BCUT2D eigenvalue weighted by molar-refractivity contribution is 7.80. The number of hydrogen-bond donors (Lipinski definition) is 5. The summed E-state index contributed by atoms with van der Waals surface area (Å²) in [4.78, 5) is 35.6. The molecule has 2 aromatic rings. The molecule has 0 spiro atoms. The minimum Gasteiger partial charge on any atom is -0.445 e. The van der Waals surface area contributed by atoms with Crippen molar-refractivity contribution >= 4 is 40.9 Å². The van der Waals surface area contributed by atoms with Crippen molar-refractivity contribution in [2.45, 2.75) is 25.5 Å². The summed E-state index contributed by atoms with van der Waals surface area (Å²) >= 11 is 5.11. The highest BCUT2D eigenvalue weighted by atomic mass is 32.1. The van der Waals surface area contributed by atoms with Gasteiger partial charge in [0.25, 0.3) is 5.91 Å². The fourth-order valence-electron chi connectivity index (χ4n) is 2.35. The zero-order valence-electron chi connectivity index (χ0n) is 16.1. The molecule has 6 N–H and O–H groups in total. The molecule has 2 aromatic carbocycles. The molecule has 1 atom stereocenters. The maximum Gasteiger partial charge on any atom is 0.408 e. The molecule has 0 aliphatic heterocycles. The minimum atomic E-state index is -1.05. The summed E-state index contributed by atoms with van der Waals surface area (Å²) in [6, 6.07) is 17.1. The van der Waals surface area contributed by atoms with Crippen LogP contribution >= 0.6 is 12.2 Å².